The highest BCUT2D eigenvalue weighted by Gasteiger charge is 2.05. The third kappa shape index (κ3) is 5.69. The molecule has 1 aromatic carbocycles. The van der Waals surface area contributed by atoms with Crippen molar-refractivity contribution in [2.24, 2.45) is 16.5 Å². The summed E-state index contributed by atoms with van der Waals surface area (Å²) in [5.41, 5.74) is 10.9. The third-order valence-corrected chi connectivity index (χ3v) is 3.00. The number of nitrogens with zero attached hydrogens (tertiary/aromatic N) is 1. The molecule has 0 fully saturated rings. The molecule has 0 aliphatic heterocycles. The summed E-state index contributed by atoms with van der Waals surface area (Å²) in [6.07, 6.45) is 0. The molecule has 6 nitrogen and oxygen atoms in total. The first-order chi connectivity index (χ1) is 8.47. The number of hydrogen-bond acceptors (Lipinski definition) is 3. The molecule has 0 spiro atoms. The Morgan fingerprint density at radius 2 is 2.00 bits per heavy atom. The Morgan fingerprint density at radius 1 is 1.39 bits per heavy atom. The maximum Gasteiger partial charge on any atom is 0.234 e. The number of anilines is 1. The number of amides is 1. The van der Waals surface area contributed by atoms with Gasteiger partial charge in [-0.1, -0.05) is 27.7 Å². The summed E-state index contributed by atoms with van der Waals surface area (Å²) in [7, 11) is 0. The van der Waals surface area contributed by atoms with Crippen LogP contribution in [0.4, 0.5) is 5.69 Å². The Balaban J connectivity index is 2.40. The summed E-state index contributed by atoms with van der Waals surface area (Å²) in [4.78, 5) is 15.0. The van der Waals surface area contributed by atoms with Crippen molar-refractivity contribution in [3.05, 3.63) is 28.7 Å². The lowest BCUT2D eigenvalue weighted by atomic mass is 10.3. The van der Waals surface area contributed by atoms with Gasteiger partial charge >= 0.3 is 0 Å². The van der Waals surface area contributed by atoms with E-state index in [-0.39, 0.29) is 22.8 Å². The molecule has 6 N–H and O–H groups in total. The van der Waals surface area contributed by atoms with E-state index in [1.54, 1.807) is 12.1 Å². The highest BCUT2D eigenvalue weighted by atomic mass is 79.9. The maximum atomic E-state index is 11.5. The molecule has 0 bridgehead atoms. The first-order valence-electron chi connectivity index (χ1n) is 4.84. The van der Waals surface area contributed by atoms with Crippen LogP contribution in [0, 0.1) is 5.41 Å². The Bertz CT molecular complexity index is 470. The maximum absolute atomic E-state index is 11.5. The van der Waals surface area contributed by atoms with E-state index in [2.05, 4.69) is 26.2 Å². The van der Waals surface area contributed by atoms with Gasteiger partial charge in [-0.2, -0.15) is 4.99 Å². The molecular formula is C10H12BrN5OS. The largest absolute Gasteiger partial charge is 0.370 e. The second-order valence-electron chi connectivity index (χ2n) is 3.19. The number of amidine groups is 1. The van der Waals surface area contributed by atoms with E-state index < -0.39 is 0 Å². The van der Waals surface area contributed by atoms with Crippen LogP contribution in [0.25, 0.3) is 0 Å². The Labute approximate surface area is 117 Å². The predicted molar refractivity (Wildman–Crippen MR) is 78.8 cm³/mol. The van der Waals surface area contributed by atoms with Gasteiger partial charge < -0.3 is 16.8 Å². The summed E-state index contributed by atoms with van der Waals surface area (Å²) in [6, 6.07) is 7.19. The standard InChI is InChI=1S/C10H12BrN5OS/c11-6-1-3-7(4-2-6)15-8(17)5-18-10(14)16-9(12)13/h1-4H,5H2,(H,15,17)(H5,12,13,14,16). The zero-order chi connectivity index (χ0) is 13.5. The van der Waals surface area contributed by atoms with E-state index in [1.807, 2.05) is 12.1 Å². The van der Waals surface area contributed by atoms with Gasteiger partial charge in [0, 0.05) is 10.2 Å². The third-order valence-electron chi connectivity index (χ3n) is 1.70. The van der Waals surface area contributed by atoms with Crippen LogP contribution >= 0.6 is 27.7 Å². The number of hydrogen-bond donors (Lipinski definition) is 4. The van der Waals surface area contributed by atoms with Gasteiger partial charge in [0.15, 0.2) is 11.1 Å². The van der Waals surface area contributed by atoms with Crippen LogP contribution in [0.15, 0.2) is 33.7 Å². The number of aliphatic imine (C=N–C) groups is 1. The molecule has 0 heterocycles. The zero-order valence-electron chi connectivity index (χ0n) is 9.31. The van der Waals surface area contributed by atoms with Crippen LogP contribution in [-0.4, -0.2) is 22.8 Å². The fourth-order valence-electron chi connectivity index (χ4n) is 1.01. The number of nitrogens with two attached hydrogens (primary N) is 2. The lowest BCUT2D eigenvalue weighted by Gasteiger charge is -2.04. The molecule has 1 rings (SSSR count). The lowest BCUT2D eigenvalue weighted by molar-refractivity contribution is -0.113. The number of rotatable bonds is 3. The van der Waals surface area contributed by atoms with Gasteiger partial charge in [-0.15, -0.1) is 0 Å². The van der Waals surface area contributed by atoms with Crippen molar-refractivity contribution in [3.8, 4) is 0 Å². The minimum absolute atomic E-state index is 0.0751. The van der Waals surface area contributed by atoms with Gasteiger partial charge in [-0.25, -0.2) is 0 Å². The van der Waals surface area contributed by atoms with Crippen molar-refractivity contribution in [3.63, 3.8) is 0 Å². The molecular weight excluding hydrogens is 318 g/mol. The molecule has 8 heteroatoms. The van der Waals surface area contributed by atoms with Crippen LogP contribution in [0.1, 0.15) is 0 Å². The molecule has 18 heavy (non-hydrogen) atoms. The molecule has 1 aromatic rings. The topological polar surface area (TPSA) is 117 Å². The summed E-state index contributed by atoms with van der Waals surface area (Å²) in [6.45, 7) is 0. The van der Waals surface area contributed by atoms with E-state index in [4.69, 9.17) is 16.9 Å². The molecule has 0 atom stereocenters. The van der Waals surface area contributed by atoms with Crippen LogP contribution in [0.3, 0.4) is 0 Å². The number of thioether (sulfide) groups is 1. The molecule has 0 radical (unpaired) electrons. The van der Waals surface area contributed by atoms with Crippen LogP contribution in [0.2, 0.25) is 0 Å². The van der Waals surface area contributed by atoms with Gasteiger partial charge in [0.25, 0.3) is 0 Å². The van der Waals surface area contributed by atoms with Gasteiger partial charge in [0.2, 0.25) is 5.91 Å². The molecule has 0 saturated carbocycles. The molecule has 0 aromatic heterocycles. The minimum Gasteiger partial charge on any atom is -0.370 e. The van der Waals surface area contributed by atoms with Gasteiger partial charge in [-0.3, -0.25) is 10.2 Å². The van der Waals surface area contributed by atoms with Crippen LogP contribution in [0.5, 0.6) is 0 Å². The summed E-state index contributed by atoms with van der Waals surface area (Å²) >= 11 is 4.25. The van der Waals surface area contributed by atoms with Crippen LogP contribution < -0.4 is 16.8 Å². The highest BCUT2D eigenvalue weighted by molar-refractivity contribution is 9.10. The van der Waals surface area contributed by atoms with Crippen molar-refractivity contribution in [1.82, 2.24) is 0 Å². The molecule has 0 unspecified atom stereocenters. The average molecular weight is 330 g/mol. The van der Waals surface area contributed by atoms with Crippen molar-refractivity contribution < 1.29 is 4.79 Å². The zero-order valence-corrected chi connectivity index (χ0v) is 11.7. The fraction of sp³-hybridized carbons (Fsp3) is 0.100. The van der Waals surface area contributed by atoms with Crippen molar-refractivity contribution in [1.29, 1.82) is 5.41 Å². The van der Waals surface area contributed by atoms with Gasteiger partial charge in [-0.05, 0) is 24.3 Å². The number of guanidine groups is 1. The van der Waals surface area contributed by atoms with E-state index in [9.17, 15) is 4.79 Å². The number of halogens is 1. The molecule has 96 valence electrons. The van der Waals surface area contributed by atoms with E-state index in [0.29, 0.717) is 5.69 Å². The molecule has 0 saturated heterocycles. The number of benzene rings is 1. The van der Waals surface area contributed by atoms with Crippen molar-refractivity contribution in [2.75, 3.05) is 11.1 Å². The minimum atomic E-state index is -0.224. The molecule has 0 aliphatic carbocycles. The number of carbonyl (C=O) groups is 1. The highest BCUT2D eigenvalue weighted by Crippen LogP contribution is 2.14. The lowest BCUT2D eigenvalue weighted by Crippen LogP contribution is -2.24. The van der Waals surface area contributed by atoms with E-state index in [0.717, 1.165) is 16.2 Å². The van der Waals surface area contributed by atoms with Crippen LogP contribution in [-0.2, 0) is 4.79 Å². The van der Waals surface area contributed by atoms with E-state index in [1.165, 1.54) is 0 Å². The molecule has 0 aliphatic rings. The fourth-order valence-corrected chi connectivity index (χ4v) is 1.79. The van der Waals surface area contributed by atoms with E-state index >= 15 is 0 Å². The Morgan fingerprint density at radius 3 is 2.56 bits per heavy atom. The van der Waals surface area contributed by atoms with Crippen molar-refractivity contribution >= 4 is 50.4 Å². The quantitative estimate of drug-likeness (QED) is 0.494. The Kier molecular flexibility index (Phi) is 5.66. The summed E-state index contributed by atoms with van der Waals surface area (Å²) in [5.74, 6) is -0.343. The normalized spacial score (nSPS) is 9.61. The second-order valence-corrected chi connectivity index (χ2v) is 5.07. The second kappa shape index (κ2) is 7.02. The summed E-state index contributed by atoms with van der Waals surface area (Å²) < 4.78 is 0.935. The predicted octanol–water partition coefficient (Wildman–Crippen LogP) is 1.33. The van der Waals surface area contributed by atoms with Crippen molar-refractivity contribution in [2.45, 2.75) is 0 Å². The average Bonchev–Trinajstić information content (AvgIpc) is 2.29. The monoisotopic (exact) mass is 329 g/mol. The first-order valence-corrected chi connectivity index (χ1v) is 6.61. The Hall–Kier alpha value is -1.54. The van der Waals surface area contributed by atoms with Gasteiger partial charge in [0.1, 0.15) is 0 Å². The van der Waals surface area contributed by atoms with Gasteiger partial charge in [0.05, 0.1) is 5.75 Å². The number of carbonyl (C=O) groups excluding carboxylic acids is 1. The summed E-state index contributed by atoms with van der Waals surface area (Å²) in [5, 5.41) is 9.94. The molecule has 1 amide bonds. The number of nitrogens with one attached hydrogen (secondary N) is 2. The SMILES string of the molecule is N=C(N=C(N)N)SCC(=O)Nc1ccc(Br)cc1. The first kappa shape index (κ1) is 14.5. The smallest absolute Gasteiger partial charge is 0.234 e.